The summed E-state index contributed by atoms with van der Waals surface area (Å²) in [6, 6.07) is 0. The lowest BCUT2D eigenvalue weighted by atomic mass is 9.70. The Kier molecular flexibility index (Phi) is 3.29. The fourth-order valence-corrected chi connectivity index (χ4v) is 3.93. The minimum atomic E-state index is 0.101. The predicted octanol–water partition coefficient (Wildman–Crippen LogP) is 2.64. The van der Waals surface area contributed by atoms with Gasteiger partial charge >= 0.3 is 0 Å². The van der Waals surface area contributed by atoms with Crippen molar-refractivity contribution in [1.82, 2.24) is 3.11 Å². The Morgan fingerprint density at radius 1 is 1.31 bits per heavy atom. The van der Waals surface area contributed by atoms with E-state index in [1.54, 1.807) is 0 Å². The van der Waals surface area contributed by atoms with E-state index in [0.717, 1.165) is 6.42 Å². The zero-order chi connectivity index (χ0) is 10.4. The maximum absolute atomic E-state index is 6.14. The van der Waals surface area contributed by atoms with Crippen LogP contribution in [-0.2, 0) is 0 Å². The van der Waals surface area contributed by atoms with Crippen molar-refractivity contribution >= 4 is 35.5 Å². The number of piperidine rings is 1. The van der Waals surface area contributed by atoms with Crippen LogP contribution in [0.25, 0.3) is 0 Å². The molecule has 1 saturated heterocycles. The van der Waals surface area contributed by atoms with Gasteiger partial charge in [-0.05, 0) is 17.3 Å². The number of rotatable bonds is 0. The summed E-state index contributed by atoms with van der Waals surface area (Å²) in [6.07, 6.45) is 1.22. The normalized spacial score (nSPS) is 39.0. The second kappa shape index (κ2) is 3.54. The van der Waals surface area contributed by atoms with Crippen LogP contribution in [0.15, 0.2) is 0 Å². The molecule has 0 spiro atoms. The molecule has 1 aliphatic heterocycles. The van der Waals surface area contributed by atoms with E-state index in [9.17, 15) is 0 Å². The fourth-order valence-electron chi connectivity index (χ4n) is 2.19. The highest BCUT2D eigenvalue weighted by Gasteiger charge is 2.47. The third kappa shape index (κ3) is 2.16. The van der Waals surface area contributed by atoms with E-state index >= 15 is 0 Å². The second-order valence-corrected chi connectivity index (χ2v) is 6.92. The minimum Gasteiger partial charge on any atom is -0.315 e. The van der Waals surface area contributed by atoms with Crippen molar-refractivity contribution in [2.24, 2.45) is 16.6 Å². The van der Waals surface area contributed by atoms with Gasteiger partial charge in [0.1, 0.15) is 0 Å². The zero-order valence-electron chi connectivity index (χ0n) is 8.71. The standard InChI is InChI=1S/C9H19IN2S/c1-8(2)5-9(3,4)7(13)12(10)6(8)11/h6-7,13H,5,11H2,1-4H3. The molecule has 2 N–H and O–H groups in total. The average Bonchev–Trinajstić information content (AvgIpc) is 1.96. The maximum atomic E-state index is 6.14. The van der Waals surface area contributed by atoms with Crippen LogP contribution in [0.5, 0.6) is 0 Å². The summed E-state index contributed by atoms with van der Waals surface area (Å²) in [5, 5.41) is 0.246. The van der Waals surface area contributed by atoms with Crippen LogP contribution in [0.3, 0.4) is 0 Å². The van der Waals surface area contributed by atoms with Gasteiger partial charge in [-0.1, -0.05) is 27.7 Å². The van der Waals surface area contributed by atoms with Gasteiger partial charge in [-0.2, -0.15) is 12.6 Å². The average molecular weight is 314 g/mol. The molecule has 0 saturated carbocycles. The summed E-state index contributed by atoms with van der Waals surface area (Å²) in [5.41, 5.74) is 6.53. The van der Waals surface area contributed by atoms with Gasteiger partial charge in [-0.3, -0.25) is 0 Å². The van der Waals surface area contributed by atoms with E-state index in [-0.39, 0.29) is 22.4 Å². The van der Waals surface area contributed by atoms with Crippen LogP contribution in [0.1, 0.15) is 34.1 Å². The molecule has 0 radical (unpaired) electrons. The van der Waals surface area contributed by atoms with Gasteiger partial charge in [0.05, 0.1) is 11.5 Å². The molecule has 2 atom stereocenters. The molecule has 1 fully saturated rings. The van der Waals surface area contributed by atoms with Crippen molar-refractivity contribution in [3.05, 3.63) is 0 Å². The van der Waals surface area contributed by atoms with Crippen LogP contribution >= 0.6 is 35.5 Å². The summed E-state index contributed by atoms with van der Waals surface area (Å²) in [5.74, 6) is 0. The molecule has 2 nitrogen and oxygen atoms in total. The topological polar surface area (TPSA) is 29.3 Å². The molecule has 2 unspecified atom stereocenters. The highest BCUT2D eigenvalue weighted by Crippen LogP contribution is 2.48. The maximum Gasteiger partial charge on any atom is 0.0728 e. The predicted molar refractivity (Wildman–Crippen MR) is 68.8 cm³/mol. The molecule has 78 valence electrons. The number of thiol groups is 1. The van der Waals surface area contributed by atoms with E-state index in [2.05, 4.69) is 66.3 Å². The van der Waals surface area contributed by atoms with Crippen LogP contribution in [0, 0.1) is 10.8 Å². The van der Waals surface area contributed by atoms with Crippen LogP contribution in [0.2, 0.25) is 0 Å². The summed E-state index contributed by atoms with van der Waals surface area (Å²) in [7, 11) is 0. The summed E-state index contributed by atoms with van der Waals surface area (Å²) >= 11 is 6.90. The lowest BCUT2D eigenvalue weighted by Crippen LogP contribution is -2.59. The Morgan fingerprint density at radius 3 is 2.23 bits per heavy atom. The van der Waals surface area contributed by atoms with Gasteiger partial charge in [-0.25, -0.2) is 3.11 Å². The van der Waals surface area contributed by atoms with Gasteiger partial charge in [-0.15, -0.1) is 0 Å². The van der Waals surface area contributed by atoms with Gasteiger partial charge in [0, 0.05) is 22.9 Å². The third-order valence-electron chi connectivity index (χ3n) is 2.91. The van der Waals surface area contributed by atoms with Crippen molar-refractivity contribution in [3.8, 4) is 0 Å². The molecule has 1 aliphatic rings. The molecule has 0 aromatic carbocycles. The van der Waals surface area contributed by atoms with E-state index < -0.39 is 0 Å². The van der Waals surface area contributed by atoms with Crippen molar-refractivity contribution in [3.63, 3.8) is 0 Å². The largest absolute Gasteiger partial charge is 0.315 e. The molecular formula is C9H19IN2S. The molecular weight excluding hydrogens is 295 g/mol. The zero-order valence-corrected chi connectivity index (χ0v) is 11.8. The minimum absolute atomic E-state index is 0.101. The Hall–Kier alpha value is 1.00. The monoisotopic (exact) mass is 314 g/mol. The van der Waals surface area contributed by atoms with Crippen LogP contribution < -0.4 is 5.73 Å². The number of nitrogens with zero attached hydrogens (tertiary/aromatic N) is 1. The van der Waals surface area contributed by atoms with Crippen molar-refractivity contribution in [2.75, 3.05) is 0 Å². The van der Waals surface area contributed by atoms with Crippen molar-refractivity contribution in [1.29, 1.82) is 0 Å². The van der Waals surface area contributed by atoms with Gasteiger partial charge in [0.15, 0.2) is 0 Å². The SMILES string of the molecule is CC1(C)CC(C)(C)C(S)N(I)C1N. The molecule has 0 aromatic heterocycles. The second-order valence-electron chi connectivity index (χ2n) is 5.32. The van der Waals surface area contributed by atoms with E-state index in [1.165, 1.54) is 0 Å². The summed E-state index contributed by atoms with van der Waals surface area (Å²) in [6.45, 7) is 8.96. The van der Waals surface area contributed by atoms with Crippen LogP contribution in [0.4, 0.5) is 0 Å². The quantitative estimate of drug-likeness (QED) is 0.409. The van der Waals surface area contributed by atoms with Gasteiger partial charge in [0.2, 0.25) is 0 Å². The van der Waals surface area contributed by atoms with Crippen LogP contribution in [-0.4, -0.2) is 14.7 Å². The first-order valence-electron chi connectivity index (χ1n) is 4.56. The van der Waals surface area contributed by atoms with Gasteiger partial charge in [0.25, 0.3) is 0 Å². The Balaban J connectivity index is 2.93. The first kappa shape index (κ1) is 12.1. The highest BCUT2D eigenvalue weighted by molar-refractivity contribution is 14.1. The summed E-state index contributed by atoms with van der Waals surface area (Å²) < 4.78 is 2.14. The van der Waals surface area contributed by atoms with Crippen molar-refractivity contribution in [2.45, 2.75) is 45.7 Å². The molecule has 1 rings (SSSR count). The highest BCUT2D eigenvalue weighted by atomic mass is 127. The Morgan fingerprint density at radius 2 is 1.77 bits per heavy atom. The molecule has 0 bridgehead atoms. The smallest absolute Gasteiger partial charge is 0.0728 e. The molecule has 0 amide bonds. The van der Waals surface area contributed by atoms with E-state index in [0.29, 0.717) is 0 Å². The number of hydrogen-bond acceptors (Lipinski definition) is 3. The molecule has 13 heavy (non-hydrogen) atoms. The molecule has 0 aromatic rings. The van der Waals surface area contributed by atoms with Crippen molar-refractivity contribution < 1.29 is 0 Å². The van der Waals surface area contributed by atoms with Gasteiger partial charge < -0.3 is 5.73 Å². The molecule has 0 aliphatic carbocycles. The fraction of sp³-hybridized carbons (Fsp3) is 1.00. The Bertz CT molecular complexity index is 186. The number of halogens is 1. The lowest BCUT2D eigenvalue weighted by molar-refractivity contribution is 0.0254. The first-order valence-corrected chi connectivity index (χ1v) is 6.04. The Labute approximate surface area is 101 Å². The van der Waals surface area contributed by atoms with E-state index in [4.69, 9.17) is 5.73 Å². The van der Waals surface area contributed by atoms with E-state index in [1.807, 2.05) is 0 Å². The first-order chi connectivity index (χ1) is 5.68. The third-order valence-corrected chi connectivity index (χ3v) is 5.46. The number of hydrogen-bond donors (Lipinski definition) is 2. The summed E-state index contributed by atoms with van der Waals surface area (Å²) in [4.78, 5) is 0. The lowest BCUT2D eigenvalue weighted by Gasteiger charge is -2.52. The number of nitrogens with two attached hydrogens (primary N) is 1. The molecule has 1 heterocycles. The molecule has 4 heteroatoms.